The standard InChI is InChI=1S/C13H9ClO3/c14-9-6-7-11(12(15)8-9)13(16)17-10-4-2-1-3-5-10/h1-8,15H. The summed E-state index contributed by atoms with van der Waals surface area (Å²) in [6.07, 6.45) is 0. The van der Waals surface area contributed by atoms with Gasteiger partial charge in [0.15, 0.2) is 0 Å². The molecule has 0 saturated heterocycles. The minimum atomic E-state index is -0.620. The van der Waals surface area contributed by atoms with E-state index in [9.17, 15) is 9.90 Å². The first-order chi connectivity index (χ1) is 8.16. The number of carbonyl (C=O) groups is 1. The van der Waals surface area contributed by atoms with Crippen molar-refractivity contribution in [3.8, 4) is 11.5 Å². The molecule has 2 aromatic carbocycles. The smallest absolute Gasteiger partial charge is 0.347 e. The molecule has 0 atom stereocenters. The van der Waals surface area contributed by atoms with Gasteiger partial charge < -0.3 is 9.84 Å². The highest BCUT2D eigenvalue weighted by Gasteiger charge is 2.13. The van der Waals surface area contributed by atoms with Crippen molar-refractivity contribution < 1.29 is 14.6 Å². The third-order valence-corrected chi connectivity index (χ3v) is 2.37. The second kappa shape index (κ2) is 4.89. The van der Waals surface area contributed by atoms with Crippen molar-refractivity contribution in [2.24, 2.45) is 0 Å². The van der Waals surface area contributed by atoms with Gasteiger partial charge in [-0.25, -0.2) is 4.79 Å². The number of para-hydroxylation sites is 1. The number of ether oxygens (including phenoxy) is 1. The molecule has 0 bridgehead atoms. The van der Waals surface area contributed by atoms with E-state index in [1.807, 2.05) is 6.07 Å². The Hall–Kier alpha value is -2.00. The maximum absolute atomic E-state index is 11.7. The Labute approximate surface area is 103 Å². The minimum absolute atomic E-state index is 0.0817. The zero-order valence-corrected chi connectivity index (χ0v) is 9.52. The summed E-state index contributed by atoms with van der Waals surface area (Å²) in [6, 6.07) is 12.9. The molecule has 17 heavy (non-hydrogen) atoms. The van der Waals surface area contributed by atoms with Crippen LogP contribution in [0.5, 0.6) is 11.5 Å². The lowest BCUT2D eigenvalue weighted by molar-refractivity contribution is 0.0731. The molecule has 0 heterocycles. The van der Waals surface area contributed by atoms with Gasteiger partial charge in [0.05, 0.1) is 0 Å². The monoisotopic (exact) mass is 248 g/mol. The van der Waals surface area contributed by atoms with Crippen molar-refractivity contribution in [1.82, 2.24) is 0 Å². The van der Waals surface area contributed by atoms with E-state index in [4.69, 9.17) is 16.3 Å². The maximum atomic E-state index is 11.7. The lowest BCUT2D eigenvalue weighted by Gasteiger charge is -2.05. The number of hydrogen-bond donors (Lipinski definition) is 1. The predicted molar refractivity (Wildman–Crippen MR) is 64.5 cm³/mol. The Kier molecular flexibility index (Phi) is 3.30. The first kappa shape index (κ1) is 11.5. The Morgan fingerprint density at radius 2 is 1.82 bits per heavy atom. The lowest BCUT2D eigenvalue weighted by atomic mass is 10.2. The molecular weight excluding hydrogens is 240 g/mol. The van der Waals surface area contributed by atoms with Crippen molar-refractivity contribution >= 4 is 17.6 Å². The quantitative estimate of drug-likeness (QED) is 0.655. The molecule has 0 aromatic heterocycles. The third kappa shape index (κ3) is 2.77. The van der Waals surface area contributed by atoms with Gasteiger partial charge in [-0.15, -0.1) is 0 Å². The molecule has 0 spiro atoms. The highest BCUT2D eigenvalue weighted by atomic mass is 35.5. The molecule has 0 fully saturated rings. The Balaban J connectivity index is 2.21. The molecule has 4 heteroatoms. The van der Waals surface area contributed by atoms with Crippen molar-refractivity contribution in [2.45, 2.75) is 0 Å². The van der Waals surface area contributed by atoms with Crippen LogP contribution in [0.3, 0.4) is 0 Å². The van der Waals surface area contributed by atoms with E-state index in [0.29, 0.717) is 10.8 Å². The fourth-order valence-electron chi connectivity index (χ4n) is 1.33. The van der Waals surface area contributed by atoms with Crippen LogP contribution in [0.2, 0.25) is 5.02 Å². The van der Waals surface area contributed by atoms with Crippen LogP contribution in [0.25, 0.3) is 0 Å². The molecule has 0 radical (unpaired) electrons. The number of phenols is 1. The molecule has 0 saturated carbocycles. The summed E-state index contributed by atoms with van der Waals surface area (Å²) in [7, 11) is 0. The van der Waals surface area contributed by atoms with Crippen LogP contribution in [0, 0.1) is 0 Å². The van der Waals surface area contributed by atoms with E-state index in [2.05, 4.69) is 0 Å². The number of aromatic hydroxyl groups is 1. The van der Waals surface area contributed by atoms with Crippen molar-refractivity contribution in [3.05, 3.63) is 59.1 Å². The van der Waals surface area contributed by atoms with Gasteiger partial charge in [-0.3, -0.25) is 0 Å². The molecule has 0 aliphatic heterocycles. The van der Waals surface area contributed by atoms with Crippen LogP contribution in [0.1, 0.15) is 10.4 Å². The molecule has 2 rings (SSSR count). The molecule has 0 amide bonds. The van der Waals surface area contributed by atoms with E-state index < -0.39 is 5.97 Å². The fraction of sp³-hybridized carbons (Fsp3) is 0. The molecule has 0 aliphatic carbocycles. The molecule has 3 nitrogen and oxygen atoms in total. The Bertz CT molecular complexity index is 538. The summed E-state index contributed by atoms with van der Waals surface area (Å²) in [5.41, 5.74) is 0.0817. The zero-order chi connectivity index (χ0) is 12.3. The average molecular weight is 249 g/mol. The number of phenolic OH excluding ortho intramolecular Hbond substituents is 1. The van der Waals surface area contributed by atoms with Gasteiger partial charge in [-0.05, 0) is 30.3 Å². The van der Waals surface area contributed by atoms with Gasteiger partial charge >= 0.3 is 5.97 Å². The number of rotatable bonds is 2. The van der Waals surface area contributed by atoms with Crippen molar-refractivity contribution in [1.29, 1.82) is 0 Å². The summed E-state index contributed by atoms with van der Waals surface area (Å²) in [5.74, 6) is -0.393. The summed E-state index contributed by atoms with van der Waals surface area (Å²) < 4.78 is 5.08. The fourth-order valence-corrected chi connectivity index (χ4v) is 1.49. The normalized spacial score (nSPS) is 9.94. The first-order valence-corrected chi connectivity index (χ1v) is 5.30. The summed E-state index contributed by atoms with van der Waals surface area (Å²) in [6.45, 7) is 0. The van der Waals surface area contributed by atoms with Gasteiger partial charge in [-0.1, -0.05) is 29.8 Å². The van der Waals surface area contributed by atoms with Crippen molar-refractivity contribution in [2.75, 3.05) is 0 Å². The van der Waals surface area contributed by atoms with E-state index >= 15 is 0 Å². The van der Waals surface area contributed by atoms with Crippen LogP contribution in [0.15, 0.2) is 48.5 Å². The van der Waals surface area contributed by atoms with Crippen molar-refractivity contribution in [3.63, 3.8) is 0 Å². The van der Waals surface area contributed by atoms with E-state index in [1.54, 1.807) is 24.3 Å². The number of benzene rings is 2. The van der Waals surface area contributed by atoms with Crippen LogP contribution in [0.4, 0.5) is 0 Å². The third-order valence-electron chi connectivity index (χ3n) is 2.13. The molecule has 86 valence electrons. The zero-order valence-electron chi connectivity index (χ0n) is 8.76. The van der Waals surface area contributed by atoms with Gasteiger partial charge in [0.1, 0.15) is 17.1 Å². The van der Waals surface area contributed by atoms with Crippen LogP contribution in [-0.2, 0) is 0 Å². The summed E-state index contributed by atoms with van der Waals surface area (Å²) in [5, 5.41) is 9.91. The molecular formula is C13H9ClO3. The van der Waals surface area contributed by atoms with E-state index in [0.717, 1.165) is 0 Å². The Morgan fingerprint density at radius 1 is 1.12 bits per heavy atom. The van der Waals surface area contributed by atoms with Crippen LogP contribution >= 0.6 is 11.6 Å². The molecule has 0 aliphatic rings. The largest absolute Gasteiger partial charge is 0.507 e. The number of esters is 1. The van der Waals surface area contributed by atoms with E-state index in [-0.39, 0.29) is 11.3 Å². The summed E-state index contributed by atoms with van der Waals surface area (Å²) in [4.78, 5) is 11.7. The van der Waals surface area contributed by atoms with Crippen LogP contribution in [-0.4, -0.2) is 11.1 Å². The molecule has 0 unspecified atom stereocenters. The first-order valence-electron chi connectivity index (χ1n) is 4.92. The topological polar surface area (TPSA) is 46.5 Å². The minimum Gasteiger partial charge on any atom is -0.507 e. The number of carbonyl (C=O) groups excluding carboxylic acids is 1. The van der Waals surface area contributed by atoms with Gasteiger partial charge in [0.2, 0.25) is 0 Å². The van der Waals surface area contributed by atoms with Gasteiger partial charge in [-0.2, -0.15) is 0 Å². The number of hydrogen-bond acceptors (Lipinski definition) is 3. The van der Waals surface area contributed by atoms with Gasteiger partial charge in [0.25, 0.3) is 0 Å². The lowest BCUT2D eigenvalue weighted by Crippen LogP contribution is -2.08. The van der Waals surface area contributed by atoms with E-state index in [1.165, 1.54) is 18.2 Å². The second-order valence-electron chi connectivity index (χ2n) is 3.36. The predicted octanol–water partition coefficient (Wildman–Crippen LogP) is 3.26. The highest BCUT2D eigenvalue weighted by molar-refractivity contribution is 6.30. The number of halogens is 1. The highest BCUT2D eigenvalue weighted by Crippen LogP contribution is 2.23. The molecule has 1 N–H and O–H groups in total. The second-order valence-corrected chi connectivity index (χ2v) is 3.80. The average Bonchev–Trinajstić information content (AvgIpc) is 2.30. The summed E-state index contributed by atoms with van der Waals surface area (Å²) >= 11 is 5.67. The SMILES string of the molecule is O=C(Oc1ccccc1)c1ccc(Cl)cc1O. The van der Waals surface area contributed by atoms with Gasteiger partial charge in [0, 0.05) is 5.02 Å². The Morgan fingerprint density at radius 3 is 2.47 bits per heavy atom. The maximum Gasteiger partial charge on any atom is 0.347 e. The molecule has 2 aromatic rings. The van der Waals surface area contributed by atoms with Crippen LogP contribution < -0.4 is 4.74 Å².